The molecule has 0 unspecified atom stereocenters. The highest BCUT2D eigenvalue weighted by atomic mass is 35.5. The number of para-hydroxylation sites is 2. The van der Waals surface area contributed by atoms with Gasteiger partial charge in [0.15, 0.2) is 6.61 Å². The molecule has 8 heteroatoms. The van der Waals surface area contributed by atoms with Crippen molar-refractivity contribution in [2.24, 2.45) is 5.10 Å². The van der Waals surface area contributed by atoms with Crippen LogP contribution in [-0.2, 0) is 4.79 Å². The van der Waals surface area contributed by atoms with Gasteiger partial charge < -0.3 is 10.1 Å². The molecule has 2 N–H and O–H groups in total. The molecule has 7 nitrogen and oxygen atoms in total. The summed E-state index contributed by atoms with van der Waals surface area (Å²) in [6.45, 7) is -0.169. The number of nitrogens with zero attached hydrogens (tertiary/aromatic N) is 2. The number of hydrogen-bond acceptors (Lipinski definition) is 5. The molecule has 146 valence electrons. The molecule has 2 aromatic carbocycles. The van der Waals surface area contributed by atoms with Crippen LogP contribution in [0.4, 0.5) is 5.69 Å². The van der Waals surface area contributed by atoms with Crippen LogP contribution in [0, 0.1) is 0 Å². The number of hydrogen-bond donors (Lipinski definition) is 2. The highest BCUT2D eigenvalue weighted by Crippen LogP contribution is 2.16. The summed E-state index contributed by atoms with van der Waals surface area (Å²) < 4.78 is 5.59. The smallest absolute Gasteiger partial charge is 0.274 e. The maximum atomic E-state index is 12.1. The van der Waals surface area contributed by atoms with Crippen LogP contribution in [-0.4, -0.2) is 29.6 Å². The van der Waals surface area contributed by atoms with Gasteiger partial charge in [-0.25, -0.2) is 10.4 Å². The molecule has 3 aromatic rings. The number of benzene rings is 2. The summed E-state index contributed by atoms with van der Waals surface area (Å²) in [6, 6.07) is 19.3. The third-order valence-electron chi connectivity index (χ3n) is 3.71. The van der Waals surface area contributed by atoms with E-state index < -0.39 is 5.91 Å². The molecule has 0 saturated heterocycles. The van der Waals surface area contributed by atoms with Gasteiger partial charge in [-0.1, -0.05) is 41.9 Å². The predicted molar refractivity (Wildman–Crippen MR) is 111 cm³/mol. The van der Waals surface area contributed by atoms with Gasteiger partial charge in [0.25, 0.3) is 11.8 Å². The van der Waals surface area contributed by atoms with Crippen molar-refractivity contribution in [2.45, 2.75) is 0 Å². The van der Waals surface area contributed by atoms with Gasteiger partial charge in [-0.05, 0) is 36.4 Å². The molecule has 1 heterocycles. The molecule has 0 spiro atoms. The van der Waals surface area contributed by atoms with Gasteiger partial charge in [-0.2, -0.15) is 5.10 Å². The predicted octanol–water partition coefficient (Wildman–Crippen LogP) is 3.52. The quantitative estimate of drug-likeness (QED) is 0.355. The maximum Gasteiger partial charge on any atom is 0.274 e. The summed E-state index contributed by atoms with van der Waals surface area (Å²) in [5.74, 6) is -0.324. The highest BCUT2D eigenvalue weighted by molar-refractivity contribution is 6.32. The first-order valence-corrected chi connectivity index (χ1v) is 9.02. The van der Waals surface area contributed by atoms with Crippen molar-refractivity contribution in [3.8, 4) is 5.75 Å². The fraction of sp³-hybridized carbons (Fsp3) is 0.0476. The van der Waals surface area contributed by atoms with Gasteiger partial charge in [0.2, 0.25) is 0 Å². The number of carbonyl (C=O) groups is 2. The van der Waals surface area contributed by atoms with Crippen molar-refractivity contribution >= 4 is 35.3 Å². The number of rotatable bonds is 7. The fourth-order valence-electron chi connectivity index (χ4n) is 2.36. The Labute approximate surface area is 172 Å². The number of pyridine rings is 1. The Hall–Kier alpha value is -3.71. The number of amides is 2. The van der Waals surface area contributed by atoms with E-state index in [0.717, 1.165) is 0 Å². The number of aromatic nitrogens is 1. The summed E-state index contributed by atoms with van der Waals surface area (Å²) in [5, 5.41) is 6.75. The zero-order valence-electron chi connectivity index (χ0n) is 15.2. The Morgan fingerprint density at radius 1 is 1.03 bits per heavy atom. The first kappa shape index (κ1) is 20.0. The van der Waals surface area contributed by atoms with Crippen LogP contribution in [0.1, 0.15) is 15.9 Å². The Morgan fingerprint density at radius 2 is 1.79 bits per heavy atom. The molecule has 0 fully saturated rings. The Kier molecular flexibility index (Phi) is 6.91. The third-order valence-corrected chi connectivity index (χ3v) is 4.01. The lowest BCUT2D eigenvalue weighted by Gasteiger charge is -2.09. The van der Waals surface area contributed by atoms with E-state index in [1.807, 2.05) is 18.2 Å². The van der Waals surface area contributed by atoms with E-state index >= 15 is 0 Å². The highest BCUT2D eigenvalue weighted by Gasteiger charge is 2.10. The molecule has 2 amide bonds. The second-order valence-electron chi connectivity index (χ2n) is 5.78. The molecular weight excluding hydrogens is 392 g/mol. The van der Waals surface area contributed by atoms with E-state index in [2.05, 4.69) is 20.8 Å². The number of halogens is 1. The van der Waals surface area contributed by atoms with Gasteiger partial charge >= 0.3 is 0 Å². The van der Waals surface area contributed by atoms with Crippen LogP contribution >= 0.6 is 11.6 Å². The third kappa shape index (κ3) is 5.88. The molecule has 0 saturated carbocycles. The van der Waals surface area contributed by atoms with E-state index in [9.17, 15) is 9.59 Å². The second-order valence-corrected chi connectivity index (χ2v) is 6.14. The molecule has 3 rings (SSSR count). The minimum atomic E-state index is -0.486. The molecule has 0 bridgehead atoms. The monoisotopic (exact) mass is 408 g/mol. The van der Waals surface area contributed by atoms with Gasteiger partial charge in [0.05, 0.1) is 11.8 Å². The van der Waals surface area contributed by atoms with Crippen molar-refractivity contribution in [1.82, 2.24) is 10.4 Å². The minimum Gasteiger partial charge on any atom is -0.483 e. The van der Waals surface area contributed by atoms with E-state index in [1.54, 1.807) is 48.5 Å². The van der Waals surface area contributed by atoms with Crippen LogP contribution in [0.3, 0.4) is 0 Å². The molecule has 0 atom stereocenters. The van der Waals surface area contributed by atoms with E-state index in [0.29, 0.717) is 17.0 Å². The zero-order chi connectivity index (χ0) is 20.5. The molecule has 1 aromatic heterocycles. The number of anilines is 1. The SMILES string of the molecule is O=C(COc1ccccc1C=NNC(=O)c1cccnc1Cl)Nc1ccccc1. The second kappa shape index (κ2) is 10.0. The lowest BCUT2D eigenvalue weighted by molar-refractivity contribution is -0.118. The summed E-state index contributed by atoms with van der Waals surface area (Å²) in [5.41, 5.74) is 3.88. The number of nitrogens with one attached hydrogen (secondary N) is 2. The Morgan fingerprint density at radius 3 is 2.59 bits per heavy atom. The summed E-state index contributed by atoms with van der Waals surface area (Å²) in [6.07, 6.45) is 2.91. The van der Waals surface area contributed by atoms with Crippen LogP contribution in [0.15, 0.2) is 78.0 Å². The van der Waals surface area contributed by atoms with E-state index in [4.69, 9.17) is 16.3 Å². The summed E-state index contributed by atoms with van der Waals surface area (Å²) >= 11 is 5.89. The zero-order valence-corrected chi connectivity index (χ0v) is 16.0. The maximum absolute atomic E-state index is 12.1. The molecule has 0 radical (unpaired) electrons. The molecule has 0 aliphatic rings. The molecular formula is C21H17ClN4O3. The summed E-state index contributed by atoms with van der Waals surface area (Å²) in [4.78, 5) is 28.0. The topological polar surface area (TPSA) is 92.7 Å². The van der Waals surface area contributed by atoms with Crippen LogP contribution in [0.5, 0.6) is 5.75 Å². The van der Waals surface area contributed by atoms with E-state index in [-0.39, 0.29) is 23.2 Å². The van der Waals surface area contributed by atoms with Crippen molar-refractivity contribution in [3.63, 3.8) is 0 Å². The van der Waals surface area contributed by atoms with Crippen LogP contribution in [0.2, 0.25) is 5.15 Å². The standard InChI is InChI=1S/C21H17ClN4O3/c22-20-17(10-6-12-23-20)21(28)26-24-13-15-7-4-5-11-18(15)29-14-19(27)25-16-8-2-1-3-9-16/h1-13H,14H2,(H,25,27)(H,26,28). The normalized spacial score (nSPS) is 10.5. The van der Waals surface area contributed by atoms with Crippen molar-refractivity contribution in [3.05, 3.63) is 89.2 Å². The average Bonchev–Trinajstić information content (AvgIpc) is 2.74. The molecule has 29 heavy (non-hydrogen) atoms. The first-order chi connectivity index (χ1) is 14.1. The van der Waals surface area contributed by atoms with Gasteiger partial charge in [-0.3, -0.25) is 9.59 Å². The number of hydrazone groups is 1. The lowest BCUT2D eigenvalue weighted by atomic mass is 10.2. The van der Waals surface area contributed by atoms with Crippen molar-refractivity contribution in [2.75, 3.05) is 11.9 Å². The molecule has 0 aliphatic carbocycles. The minimum absolute atomic E-state index is 0.0911. The number of carbonyl (C=O) groups excluding carboxylic acids is 2. The van der Waals surface area contributed by atoms with Gasteiger partial charge in [0.1, 0.15) is 10.9 Å². The average molecular weight is 409 g/mol. The van der Waals surface area contributed by atoms with Crippen LogP contribution < -0.4 is 15.5 Å². The number of ether oxygens (including phenoxy) is 1. The molecule has 0 aliphatic heterocycles. The first-order valence-electron chi connectivity index (χ1n) is 8.64. The lowest BCUT2D eigenvalue weighted by Crippen LogP contribution is -2.20. The fourth-order valence-corrected chi connectivity index (χ4v) is 2.56. The van der Waals surface area contributed by atoms with Crippen molar-refractivity contribution in [1.29, 1.82) is 0 Å². The Bertz CT molecular complexity index is 1030. The Balaban J connectivity index is 1.58. The van der Waals surface area contributed by atoms with Crippen molar-refractivity contribution < 1.29 is 14.3 Å². The largest absolute Gasteiger partial charge is 0.483 e. The van der Waals surface area contributed by atoms with Gasteiger partial charge in [-0.15, -0.1) is 0 Å². The summed E-state index contributed by atoms with van der Waals surface area (Å²) in [7, 11) is 0. The van der Waals surface area contributed by atoms with E-state index in [1.165, 1.54) is 12.4 Å². The van der Waals surface area contributed by atoms with Crippen LogP contribution in [0.25, 0.3) is 0 Å². The van der Waals surface area contributed by atoms with Gasteiger partial charge in [0, 0.05) is 17.4 Å².